The summed E-state index contributed by atoms with van der Waals surface area (Å²) in [4.78, 5) is 37.0. The number of carboxylic acids is 1. The molecular formula is C21H20N2O5S2. The molecule has 0 spiro atoms. The van der Waals surface area contributed by atoms with E-state index in [1.807, 2.05) is 30.5 Å². The molecule has 1 N–H and O–H groups in total. The van der Waals surface area contributed by atoms with Crippen LogP contribution in [0.5, 0.6) is 0 Å². The third-order valence-electron chi connectivity index (χ3n) is 4.54. The number of thiocarbonyl (C=S) groups is 1. The van der Waals surface area contributed by atoms with Crippen LogP contribution in [0.1, 0.15) is 34.2 Å². The van der Waals surface area contributed by atoms with Crippen molar-refractivity contribution in [3.63, 3.8) is 0 Å². The Bertz CT molecular complexity index is 1090. The summed E-state index contributed by atoms with van der Waals surface area (Å²) in [6.45, 7) is 5.44. The van der Waals surface area contributed by atoms with Gasteiger partial charge in [-0.05, 0) is 56.7 Å². The Hall–Kier alpha value is -2.91. The molecule has 2 aromatic rings. The summed E-state index contributed by atoms with van der Waals surface area (Å²) in [5, 5.41) is 8.97. The van der Waals surface area contributed by atoms with Gasteiger partial charge in [0.05, 0.1) is 17.1 Å². The fraction of sp³-hybridized carbons (Fsp3) is 0.238. The van der Waals surface area contributed by atoms with Crippen LogP contribution in [0, 0.1) is 13.8 Å². The fourth-order valence-electron chi connectivity index (χ4n) is 3.23. The lowest BCUT2D eigenvalue weighted by Gasteiger charge is -2.11. The molecule has 1 aliphatic heterocycles. The van der Waals surface area contributed by atoms with Crippen molar-refractivity contribution in [1.82, 2.24) is 9.47 Å². The topological polar surface area (TPSA) is 88.8 Å². The standard InChI is InChI=1S/C21H20N2O5S2/c1-4-28-20(27)14-6-5-7-16(9-14)23-12(2)8-15(13(23)3)10-17-19(26)22(11-18(24)25)21(29)30-17/h5-10H,4,11H2,1-3H3,(H,24,25)/b17-10-. The second-order valence-electron chi connectivity index (χ2n) is 6.59. The number of aromatic nitrogens is 1. The molecule has 9 heteroatoms. The highest BCUT2D eigenvalue weighted by Crippen LogP contribution is 2.34. The van der Waals surface area contributed by atoms with Gasteiger partial charge in [0.1, 0.15) is 10.9 Å². The van der Waals surface area contributed by atoms with Crippen molar-refractivity contribution in [3.05, 3.63) is 57.8 Å². The summed E-state index contributed by atoms with van der Waals surface area (Å²) in [5.74, 6) is -1.92. The van der Waals surface area contributed by atoms with Gasteiger partial charge in [0, 0.05) is 17.1 Å². The minimum atomic E-state index is -1.12. The number of thioether (sulfide) groups is 1. The van der Waals surface area contributed by atoms with E-state index >= 15 is 0 Å². The lowest BCUT2D eigenvalue weighted by Crippen LogP contribution is -2.33. The average molecular weight is 445 g/mol. The SMILES string of the molecule is CCOC(=O)c1cccc(-n2c(C)cc(/C=C3\SC(=S)N(CC(=O)O)C3=O)c2C)c1. The summed E-state index contributed by atoms with van der Waals surface area (Å²) in [7, 11) is 0. The highest BCUT2D eigenvalue weighted by molar-refractivity contribution is 8.26. The molecule has 30 heavy (non-hydrogen) atoms. The fourth-order valence-corrected chi connectivity index (χ4v) is 4.48. The number of benzene rings is 1. The van der Waals surface area contributed by atoms with E-state index in [0.717, 1.165) is 39.3 Å². The van der Waals surface area contributed by atoms with Gasteiger partial charge in [0.15, 0.2) is 0 Å². The zero-order chi connectivity index (χ0) is 22.0. The van der Waals surface area contributed by atoms with Gasteiger partial charge in [-0.2, -0.15) is 0 Å². The van der Waals surface area contributed by atoms with Gasteiger partial charge in [-0.15, -0.1) is 0 Å². The van der Waals surface area contributed by atoms with E-state index in [4.69, 9.17) is 22.1 Å². The molecule has 1 fully saturated rings. The highest BCUT2D eigenvalue weighted by atomic mass is 32.2. The molecule has 156 valence electrons. The largest absolute Gasteiger partial charge is 0.480 e. The van der Waals surface area contributed by atoms with E-state index in [0.29, 0.717) is 17.1 Å². The lowest BCUT2D eigenvalue weighted by atomic mass is 10.2. The molecule has 0 radical (unpaired) electrons. The second-order valence-corrected chi connectivity index (χ2v) is 8.27. The van der Waals surface area contributed by atoms with E-state index < -0.39 is 18.4 Å². The zero-order valence-electron chi connectivity index (χ0n) is 16.7. The van der Waals surface area contributed by atoms with Crippen molar-refractivity contribution in [3.8, 4) is 5.69 Å². The van der Waals surface area contributed by atoms with Gasteiger partial charge in [0.2, 0.25) is 0 Å². The number of hydrogen-bond acceptors (Lipinski definition) is 6. The van der Waals surface area contributed by atoms with Crippen molar-refractivity contribution in [2.24, 2.45) is 0 Å². The van der Waals surface area contributed by atoms with Gasteiger partial charge in [-0.25, -0.2) is 4.79 Å². The van der Waals surface area contributed by atoms with Gasteiger partial charge in [-0.3, -0.25) is 14.5 Å². The first-order chi connectivity index (χ1) is 14.2. The van der Waals surface area contributed by atoms with Crippen molar-refractivity contribution in [2.45, 2.75) is 20.8 Å². The van der Waals surface area contributed by atoms with Crippen molar-refractivity contribution in [2.75, 3.05) is 13.2 Å². The first kappa shape index (κ1) is 21.8. The molecule has 0 aliphatic carbocycles. The number of aryl methyl sites for hydroxylation is 1. The maximum atomic E-state index is 12.5. The third-order valence-corrected chi connectivity index (χ3v) is 5.92. The Labute approximate surface area is 183 Å². The van der Waals surface area contributed by atoms with Crippen LogP contribution in [0.15, 0.2) is 35.2 Å². The molecule has 0 saturated carbocycles. The lowest BCUT2D eigenvalue weighted by molar-refractivity contribution is -0.140. The Morgan fingerprint density at radius 1 is 1.27 bits per heavy atom. The quantitative estimate of drug-likeness (QED) is 0.414. The van der Waals surface area contributed by atoms with Crippen molar-refractivity contribution in [1.29, 1.82) is 0 Å². The van der Waals surface area contributed by atoms with Crippen LogP contribution in [-0.4, -0.2) is 49.9 Å². The van der Waals surface area contributed by atoms with E-state index in [1.54, 1.807) is 31.2 Å². The predicted molar refractivity (Wildman–Crippen MR) is 119 cm³/mol. The number of carbonyl (C=O) groups is 3. The first-order valence-electron chi connectivity index (χ1n) is 9.16. The molecule has 1 aromatic carbocycles. The van der Waals surface area contributed by atoms with Crippen molar-refractivity contribution >= 4 is 52.2 Å². The maximum absolute atomic E-state index is 12.5. The van der Waals surface area contributed by atoms with Gasteiger partial charge < -0.3 is 14.4 Å². The van der Waals surface area contributed by atoms with Crippen LogP contribution in [0.2, 0.25) is 0 Å². The Kier molecular flexibility index (Phi) is 6.42. The highest BCUT2D eigenvalue weighted by Gasteiger charge is 2.33. The van der Waals surface area contributed by atoms with Crippen molar-refractivity contribution < 1.29 is 24.2 Å². The molecule has 3 rings (SSSR count). The second kappa shape index (κ2) is 8.85. The van der Waals surface area contributed by atoms with Crippen LogP contribution < -0.4 is 0 Å². The monoisotopic (exact) mass is 444 g/mol. The number of hydrogen-bond donors (Lipinski definition) is 1. The number of nitrogens with zero attached hydrogens (tertiary/aromatic N) is 2. The molecule has 7 nitrogen and oxygen atoms in total. The minimum Gasteiger partial charge on any atom is -0.480 e. The van der Waals surface area contributed by atoms with E-state index in [1.165, 1.54) is 0 Å². The minimum absolute atomic E-state index is 0.226. The molecule has 0 unspecified atom stereocenters. The molecule has 0 atom stereocenters. The molecule has 0 bridgehead atoms. The summed E-state index contributed by atoms with van der Waals surface area (Å²) in [6, 6.07) is 9.06. The number of ether oxygens (including phenoxy) is 1. The Morgan fingerprint density at radius 3 is 2.67 bits per heavy atom. The van der Waals surface area contributed by atoms with Crippen LogP contribution >= 0.6 is 24.0 Å². The van der Waals surface area contributed by atoms with Gasteiger partial charge in [-0.1, -0.05) is 30.0 Å². The zero-order valence-corrected chi connectivity index (χ0v) is 18.3. The number of carbonyl (C=O) groups excluding carboxylic acids is 2. The van der Waals surface area contributed by atoms with Crippen LogP contribution in [0.3, 0.4) is 0 Å². The van der Waals surface area contributed by atoms with Crippen LogP contribution in [-0.2, 0) is 14.3 Å². The summed E-state index contributed by atoms with van der Waals surface area (Å²) in [6.07, 6.45) is 1.72. The molecule has 1 amide bonds. The number of carboxylic acid groups (broad SMARTS) is 1. The normalized spacial score (nSPS) is 15.2. The van der Waals surface area contributed by atoms with Crippen LogP contribution in [0.25, 0.3) is 11.8 Å². The third kappa shape index (κ3) is 4.31. The summed E-state index contributed by atoms with van der Waals surface area (Å²) in [5.41, 5.74) is 3.86. The molecular weight excluding hydrogens is 424 g/mol. The van der Waals surface area contributed by atoms with E-state index in [2.05, 4.69) is 0 Å². The smallest absolute Gasteiger partial charge is 0.338 e. The molecule has 1 aliphatic rings. The van der Waals surface area contributed by atoms with Gasteiger partial charge >= 0.3 is 11.9 Å². The molecule has 1 saturated heterocycles. The summed E-state index contributed by atoms with van der Waals surface area (Å²) >= 11 is 6.23. The van der Waals surface area contributed by atoms with E-state index in [9.17, 15) is 14.4 Å². The number of esters is 1. The Morgan fingerprint density at radius 2 is 2.00 bits per heavy atom. The first-order valence-corrected chi connectivity index (χ1v) is 10.4. The van der Waals surface area contributed by atoms with E-state index in [-0.39, 0.29) is 10.3 Å². The Balaban J connectivity index is 1.96. The van der Waals surface area contributed by atoms with Crippen LogP contribution in [0.4, 0.5) is 0 Å². The average Bonchev–Trinajstić information content (AvgIpc) is 3.11. The predicted octanol–water partition coefficient (Wildman–Crippen LogP) is 3.56. The van der Waals surface area contributed by atoms with Gasteiger partial charge in [0.25, 0.3) is 5.91 Å². The number of aliphatic carboxylic acids is 1. The summed E-state index contributed by atoms with van der Waals surface area (Å²) < 4.78 is 7.28. The maximum Gasteiger partial charge on any atom is 0.338 e. The number of rotatable bonds is 6. The molecule has 2 heterocycles. The molecule has 1 aromatic heterocycles. The number of amides is 1.